The molecule has 0 unspecified atom stereocenters. The SMILES string of the molecule is COc1c(F)cc(Oc2c(Br)cc(CC(=O)O)cc2Br)cc1C(C)C. The number of benzene rings is 2. The molecule has 0 aliphatic rings. The van der Waals surface area contributed by atoms with Gasteiger partial charge in [0.15, 0.2) is 17.3 Å². The number of rotatable bonds is 6. The summed E-state index contributed by atoms with van der Waals surface area (Å²) in [4.78, 5) is 10.9. The van der Waals surface area contributed by atoms with E-state index in [9.17, 15) is 9.18 Å². The van der Waals surface area contributed by atoms with Crippen LogP contribution in [0.4, 0.5) is 4.39 Å². The van der Waals surface area contributed by atoms with E-state index >= 15 is 0 Å². The molecule has 0 radical (unpaired) electrons. The van der Waals surface area contributed by atoms with Gasteiger partial charge in [0.25, 0.3) is 0 Å². The maximum Gasteiger partial charge on any atom is 0.307 e. The third kappa shape index (κ3) is 4.73. The minimum atomic E-state index is -0.925. The molecule has 0 aliphatic carbocycles. The third-order valence-electron chi connectivity index (χ3n) is 3.51. The molecular weight excluding hydrogens is 459 g/mol. The lowest BCUT2D eigenvalue weighted by Gasteiger charge is -2.16. The molecule has 0 bridgehead atoms. The zero-order valence-electron chi connectivity index (χ0n) is 13.9. The van der Waals surface area contributed by atoms with E-state index in [-0.39, 0.29) is 18.1 Å². The van der Waals surface area contributed by atoms with Crippen LogP contribution in [0.1, 0.15) is 30.9 Å². The third-order valence-corrected chi connectivity index (χ3v) is 4.68. The Labute approximate surface area is 162 Å². The second-order valence-electron chi connectivity index (χ2n) is 5.74. The number of carboxylic acids is 1. The average molecular weight is 476 g/mol. The van der Waals surface area contributed by atoms with Gasteiger partial charge in [-0.1, -0.05) is 13.8 Å². The van der Waals surface area contributed by atoms with E-state index in [4.69, 9.17) is 14.6 Å². The summed E-state index contributed by atoms with van der Waals surface area (Å²) in [5.41, 5.74) is 1.31. The van der Waals surface area contributed by atoms with E-state index in [0.29, 0.717) is 31.6 Å². The predicted octanol–water partition coefficient (Wildman–Crippen LogP) is 5.90. The van der Waals surface area contributed by atoms with E-state index in [1.54, 1.807) is 18.2 Å². The Morgan fingerprint density at radius 1 is 1.16 bits per heavy atom. The molecule has 0 aromatic heterocycles. The summed E-state index contributed by atoms with van der Waals surface area (Å²) in [6, 6.07) is 6.32. The largest absolute Gasteiger partial charge is 0.493 e. The molecule has 0 spiro atoms. The summed E-state index contributed by atoms with van der Waals surface area (Å²) < 4.78 is 26.4. The fourth-order valence-electron chi connectivity index (χ4n) is 2.40. The van der Waals surface area contributed by atoms with Crippen molar-refractivity contribution in [2.75, 3.05) is 7.11 Å². The van der Waals surface area contributed by atoms with Crippen LogP contribution in [0.2, 0.25) is 0 Å². The van der Waals surface area contributed by atoms with Crippen LogP contribution in [0, 0.1) is 5.82 Å². The van der Waals surface area contributed by atoms with Gasteiger partial charge in [-0.2, -0.15) is 0 Å². The van der Waals surface area contributed by atoms with Crippen LogP contribution in [-0.2, 0) is 11.2 Å². The Balaban J connectivity index is 2.41. The first-order chi connectivity index (χ1) is 11.7. The Kier molecular flexibility index (Phi) is 6.46. The van der Waals surface area contributed by atoms with Gasteiger partial charge in [0.2, 0.25) is 0 Å². The summed E-state index contributed by atoms with van der Waals surface area (Å²) in [6.45, 7) is 3.88. The predicted molar refractivity (Wildman–Crippen MR) is 100 cm³/mol. The lowest BCUT2D eigenvalue weighted by molar-refractivity contribution is -0.136. The van der Waals surface area contributed by atoms with Gasteiger partial charge < -0.3 is 14.6 Å². The minimum Gasteiger partial charge on any atom is -0.493 e. The van der Waals surface area contributed by atoms with Crippen molar-refractivity contribution in [3.63, 3.8) is 0 Å². The number of ether oxygens (including phenoxy) is 2. The van der Waals surface area contributed by atoms with Gasteiger partial charge >= 0.3 is 5.97 Å². The van der Waals surface area contributed by atoms with Crippen molar-refractivity contribution < 1.29 is 23.8 Å². The highest BCUT2D eigenvalue weighted by atomic mass is 79.9. The van der Waals surface area contributed by atoms with Crippen molar-refractivity contribution in [2.24, 2.45) is 0 Å². The molecule has 1 N–H and O–H groups in total. The highest BCUT2D eigenvalue weighted by Gasteiger charge is 2.17. The van der Waals surface area contributed by atoms with E-state index in [1.807, 2.05) is 13.8 Å². The summed E-state index contributed by atoms with van der Waals surface area (Å²) >= 11 is 6.75. The molecule has 0 saturated heterocycles. The number of carboxylic acid groups (broad SMARTS) is 1. The van der Waals surface area contributed by atoms with Crippen molar-refractivity contribution in [3.8, 4) is 17.2 Å². The van der Waals surface area contributed by atoms with Gasteiger partial charge in [0.1, 0.15) is 5.75 Å². The molecular formula is C18H17Br2FO4. The van der Waals surface area contributed by atoms with Crippen molar-refractivity contribution in [1.82, 2.24) is 0 Å². The smallest absolute Gasteiger partial charge is 0.307 e. The molecule has 2 rings (SSSR count). The zero-order chi connectivity index (χ0) is 18.7. The second-order valence-corrected chi connectivity index (χ2v) is 7.45. The highest BCUT2D eigenvalue weighted by Crippen LogP contribution is 2.40. The number of aliphatic carboxylic acids is 1. The summed E-state index contributed by atoms with van der Waals surface area (Å²) in [6.07, 6.45) is -0.105. The first-order valence-corrected chi connectivity index (χ1v) is 9.06. The van der Waals surface area contributed by atoms with Gasteiger partial charge in [-0.25, -0.2) is 4.39 Å². The first kappa shape index (κ1) is 19.7. The molecule has 0 atom stereocenters. The van der Waals surface area contributed by atoms with Gasteiger partial charge in [0.05, 0.1) is 22.5 Å². The van der Waals surface area contributed by atoms with Crippen LogP contribution in [0.25, 0.3) is 0 Å². The van der Waals surface area contributed by atoms with Crippen LogP contribution in [0.5, 0.6) is 17.2 Å². The molecule has 0 heterocycles. The number of halogens is 3. The van der Waals surface area contributed by atoms with Crippen molar-refractivity contribution in [1.29, 1.82) is 0 Å². The maximum absolute atomic E-state index is 14.3. The van der Waals surface area contributed by atoms with E-state index in [1.165, 1.54) is 13.2 Å². The standard InChI is InChI=1S/C18H17Br2FO4/c1-9(2)12-7-11(8-15(21)17(12)24-3)25-18-13(19)4-10(5-14(18)20)6-16(22)23/h4-5,7-9H,6H2,1-3H3,(H,22,23). The minimum absolute atomic E-state index is 0.0535. The lowest BCUT2D eigenvalue weighted by Crippen LogP contribution is -2.01. The van der Waals surface area contributed by atoms with E-state index in [2.05, 4.69) is 31.9 Å². The zero-order valence-corrected chi connectivity index (χ0v) is 17.1. The fourth-order valence-corrected chi connectivity index (χ4v) is 3.84. The van der Waals surface area contributed by atoms with Crippen LogP contribution in [-0.4, -0.2) is 18.2 Å². The average Bonchev–Trinajstić information content (AvgIpc) is 2.49. The Hall–Kier alpha value is -1.60. The Morgan fingerprint density at radius 2 is 1.76 bits per heavy atom. The summed E-state index contributed by atoms with van der Waals surface area (Å²) in [5, 5.41) is 8.90. The van der Waals surface area contributed by atoms with Crippen molar-refractivity contribution in [3.05, 3.63) is 50.2 Å². The highest BCUT2D eigenvalue weighted by molar-refractivity contribution is 9.11. The summed E-state index contributed by atoms with van der Waals surface area (Å²) in [7, 11) is 1.43. The van der Waals surface area contributed by atoms with E-state index < -0.39 is 11.8 Å². The van der Waals surface area contributed by atoms with Crippen LogP contribution >= 0.6 is 31.9 Å². The van der Waals surface area contributed by atoms with Crippen LogP contribution in [0.15, 0.2) is 33.2 Å². The number of hydrogen-bond acceptors (Lipinski definition) is 3. The quantitative estimate of drug-likeness (QED) is 0.564. The van der Waals surface area contributed by atoms with Crippen molar-refractivity contribution >= 4 is 37.8 Å². The molecule has 134 valence electrons. The molecule has 0 fully saturated rings. The lowest BCUT2D eigenvalue weighted by atomic mass is 10.0. The maximum atomic E-state index is 14.3. The molecule has 4 nitrogen and oxygen atoms in total. The number of carbonyl (C=O) groups is 1. The first-order valence-electron chi connectivity index (χ1n) is 7.48. The van der Waals surface area contributed by atoms with Gasteiger partial charge in [-0.3, -0.25) is 4.79 Å². The molecule has 2 aromatic carbocycles. The van der Waals surface area contributed by atoms with Gasteiger partial charge in [-0.15, -0.1) is 0 Å². The molecule has 25 heavy (non-hydrogen) atoms. The monoisotopic (exact) mass is 474 g/mol. The molecule has 7 heteroatoms. The van der Waals surface area contributed by atoms with E-state index in [0.717, 1.165) is 0 Å². The molecule has 0 amide bonds. The Morgan fingerprint density at radius 3 is 2.24 bits per heavy atom. The number of methoxy groups -OCH3 is 1. The van der Waals surface area contributed by atoms with Gasteiger partial charge in [0, 0.05) is 11.6 Å². The normalized spacial score (nSPS) is 10.8. The van der Waals surface area contributed by atoms with Crippen LogP contribution < -0.4 is 9.47 Å². The molecule has 0 saturated carbocycles. The molecule has 0 aliphatic heterocycles. The Bertz CT molecular complexity index is 783. The molecule has 2 aromatic rings. The van der Waals surface area contributed by atoms with Crippen molar-refractivity contribution in [2.45, 2.75) is 26.2 Å². The second kappa shape index (κ2) is 8.19. The fraction of sp³-hybridized carbons (Fsp3) is 0.278. The van der Waals surface area contributed by atoms with Crippen LogP contribution in [0.3, 0.4) is 0 Å². The topological polar surface area (TPSA) is 55.8 Å². The number of hydrogen-bond donors (Lipinski definition) is 1. The van der Waals surface area contributed by atoms with Gasteiger partial charge in [-0.05, 0) is 61.5 Å². The summed E-state index contributed by atoms with van der Waals surface area (Å²) in [5.74, 6) is -0.400.